The third-order valence-electron chi connectivity index (χ3n) is 3.37. The zero-order valence-corrected chi connectivity index (χ0v) is 12.1. The Morgan fingerprint density at radius 2 is 2.11 bits per heavy atom. The van der Waals surface area contributed by atoms with Crippen molar-refractivity contribution in [1.82, 2.24) is 9.97 Å². The molecule has 0 aliphatic heterocycles. The molecule has 1 heterocycles. The lowest BCUT2D eigenvalue weighted by atomic mass is 10.1. The van der Waals surface area contributed by atoms with Crippen molar-refractivity contribution in [2.75, 3.05) is 12.4 Å². The highest BCUT2D eigenvalue weighted by molar-refractivity contribution is 9.10. The molecule has 19 heavy (non-hydrogen) atoms. The minimum Gasteiger partial charge on any atom is -0.496 e. The maximum atomic E-state index is 5.41. The Morgan fingerprint density at radius 1 is 1.32 bits per heavy atom. The summed E-state index contributed by atoms with van der Waals surface area (Å²) in [4.78, 5) is 8.51. The molecule has 1 N–H and O–H groups in total. The molecule has 1 aliphatic carbocycles. The molecule has 3 rings (SSSR count). The summed E-state index contributed by atoms with van der Waals surface area (Å²) < 4.78 is 6.29. The number of methoxy groups -OCH3 is 1. The van der Waals surface area contributed by atoms with Crippen LogP contribution in [-0.2, 0) is 6.42 Å². The molecule has 1 aliphatic rings. The van der Waals surface area contributed by atoms with Gasteiger partial charge in [-0.25, -0.2) is 9.97 Å². The Labute approximate surface area is 120 Å². The Bertz CT molecular complexity index is 586. The van der Waals surface area contributed by atoms with Crippen molar-refractivity contribution >= 4 is 21.9 Å². The highest BCUT2D eigenvalue weighted by Crippen LogP contribution is 2.38. The molecule has 0 saturated heterocycles. The molecular weight excluding hydrogens is 306 g/mol. The highest BCUT2D eigenvalue weighted by atomic mass is 79.9. The van der Waals surface area contributed by atoms with Gasteiger partial charge in [0.2, 0.25) is 5.95 Å². The van der Waals surface area contributed by atoms with E-state index in [0.717, 1.165) is 23.1 Å². The van der Waals surface area contributed by atoms with E-state index in [0.29, 0.717) is 5.95 Å². The van der Waals surface area contributed by atoms with Gasteiger partial charge in [-0.15, -0.1) is 0 Å². The second-order valence-electron chi connectivity index (χ2n) is 4.49. The van der Waals surface area contributed by atoms with E-state index < -0.39 is 0 Å². The van der Waals surface area contributed by atoms with E-state index >= 15 is 0 Å². The minimum atomic E-state index is 0.256. The van der Waals surface area contributed by atoms with Gasteiger partial charge in [-0.05, 0) is 46.0 Å². The topological polar surface area (TPSA) is 47.0 Å². The summed E-state index contributed by atoms with van der Waals surface area (Å²) in [5, 5.41) is 3.38. The molecular formula is C14H14BrN3O. The van der Waals surface area contributed by atoms with E-state index in [1.807, 2.05) is 12.1 Å². The number of anilines is 1. The van der Waals surface area contributed by atoms with Crippen molar-refractivity contribution in [1.29, 1.82) is 0 Å². The fourth-order valence-electron chi connectivity index (χ4n) is 2.50. The molecule has 5 heteroatoms. The average Bonchev–Trinajstić information content (AvgIpc) is 2.84. The van der Waals surface area contributed by atoms with Crippen molar-refractivity contribution in [2.24, 2.45) is 0 Å². The van der Waals surface area contributed by atoms with Crippen LogP contribution in [0.3, 0.4) is 0 Å². The molecule has 98 valence electrons. The first-order chi connectivity index (χ1) is 9.28. The molecule has 0 bridgehead atoms. The number of nitrogens with one attached hydrogen (secondary N) is 1. The smallest absolute Gasteiger partial charge is 0.223 e. The third-order valence-corrected chi connectivity index (χ3v) is 3.78. The van der Waals surface area contributed by atoms with Crippen LogP contribution in [0.4, 0.5) is 5.95 Å². The summed E-state index contributed by atoms with van der Waals surface area (Å²) in [7, 11) is 1.72. The van der Waals surface area contributed by atoms with E-state index in [1.165, 1.54) is 11.1 Å². The Hall–Kier alpha value is -1.62. The van der Waals surface area contributed by atoms with Gasteiger partial charge in [0.15, 0.2) is 0 Å². The third kappa shape index (κ3) is 2.42. The number of aromatic nitrogens is 2. The summed E-state index contributed by atoms with van der Waals surface area (Å²) in [5.41, 5.74) is 2.57. The predicted molar refractivity (Wildman–Crippen MR) is 77.4 cm³/mol. The standard InChI is InChI=1S/C14H14BrN3O/c1-19-13-4-2-3-10-11(13)5-6-12(10)18-14-16-7-9(15)8-17-14/h2-4,7-8,12H,5-6H2,1H3,(H,16,17,18). The van der Waals surface area contributed by atoms with Crippen LogP contribution in [0.15, 0.2) is 35.1 Å². The van der Waals surface area contributed by atoms with Crippen molar-refractivity contribution in [2.45, 2.75) is 18.9 Å². The maximum Gasteiger partial charge on any atom is 0.223 e. The van der Waals surface area contributed by atoms with Crippen molar-refractivity contribution < 1.29 is 4.74 Å². The molecule has 0 saturated carbocycles. The van der Waals surface area contributed by atoms with Gasteiger partial charge in [-0.1, -0.05) is 12.1 Å². The number of fused-ring (bicyclic) bond motifs is 1. The molecule has 1 aromatic carbocycles. The molecule has 1 unspecified atom stereocenters. The normalized spacial score (nSPS) is 17.1. The van der Waals surface area contributed by atoms with Gasteiger partial charge in [0.1, 0.15) is 5.75 Å². The van der Waals surface area contributed by atoms with Crippen molar-refractivity contribution in [3.05, 3.63) is 46.2 Å². The van der Waals surface area contributed by atoms with E-state index in [2.05, 4.69) is 37.3 Å². The number of ether oxygens (including phenoxy) is 1. The lowest BCUT2D eigenvalue weighted by molar-refractivity contribution is 0.410. The van der Waals surface area contributed by atoms with Crippen molar-refractivity contribution in [3.8, 4) is 5.75 Å². The number of hydrogen-bond donors (Lipinski definition) is 1. The van der Waals surface area contributed by atoms with Gasteiger partial charge < -0.3 is 10.1 Å². The Kier molecular flexibility index (Phi) is 3.38. The fourth-order valence-corrected chi connectivity index (χ4v) is 2.71. The molecule has 0 fully saturated rings. The monoisotopic (exact) mass is 319 g/mol. The van der Waals surface area contributed by atoms with E-state index in [1.54, 1.807) is 19.5 Å². The lowest BCUT2D eigenvalue weighted by Gasteiger charge is -2.14. The summed E-state index contributed by atoms with van der Waals surface area (Å²) in [6.45, 7) is 0. The highest BCUT2D eigenvalue weighted by Gasteiger charge is 2.25. The second kappa shape index (κ2) is 5.17. The molecule has 0 radical (unpaired) electrons. The van der Waals surface area contributed by atoms with Crippen LogP contribution < -0.4 is 10.1 Å². The van der Waals surface area contributed by atoms with Crippen LogP contribution in [0.25, 0.3) is 0 Å². The molecule has 1 aromatic heterocycles. The van der Waals surface area contributed by atoms with Gasteiger partial charge in [0.25, 0.3) is 0 Å². The van der Waals surface area contributed by atoms with Crippen LogP contribution in [-0.4, -0.2) is 17.1 Å². The molecule has 4 nitrogen and oxygen atoms in total. The Morgan fingerprint density at radius 3 is 2.84 bits per heavy atom. The van der Waals surface area contributed by atoms with E-state index in [4.69, 9.17) is 4.74 Å². The van der Waals surface area contributed by atoms with E-state index in [-0.39, 0.29) is 6.04 Å². The first-order valence-corrected chi connectivity index (χ1v) is 6.97. The number of hydrogen-bond acceptors (Lipinski definition) is 4. The molecule has 0 amide bonds. The Balaban J connectivity index is 1.84. The number of halogens is 1. The van der Waals surface area contributed by atoms with E-state index in [9.17, 15) is 0 Å². The lowest BCUT2D eigenvalue weighted by Crippen LogP contribution is -2.09. The fraction of sp³-hybridized carbons (Fsp3) is 0.286. The van der Waals surface area contributed by atoms with Crippen LogP contribution >= 0.6 is 15.9 Å². The first kappa shape index (κ1) is 12.4. The van der Waals surface area contributed by atoms with Gasteiger partial charge >= 0.3 is 0 Å². The number of benzene rings is 1. The number of nitrogens with zero attached hydrogens (tertiary/aromatic N) is 2. The van der Waals surface area contributed by atoms with Crippen LogP contribution in [0.5, 0.6) is 5.75 Å². The van der Waals surface area contributed by atoms with Crippen molar-refractivity contribution in [3.63, 3.8) is 0 Å². The summed E-state index contributed by atoms with van der Waals surface area (Å²) in [6, 6.07) is 6.44. The number of rotatable bonds is 3. The summed E-state index contributed by atoms with van der Waals surface area (Å²) >= 11 is 3.33. The summed E-state index contributed by atoms with van der Waals surface area (Å²) in [6.07, 6.45) is 5.55. The maximum absolute atomic E-state index is 5.41. The van der Waals surface area contributed by atoms with Gasteiger partial charge in [-0.3, -0.25) is 0 Å². The predicted octanol–water partition coefficient (Wildman–Crippen LogP) is 3.35. The molecule has 2 aromatic rings. The van der Waals surface area contributed by atoms with Gasteiger partial charge in [0, 0.05) is 12.4 Å². The quantitative estimate of drug-likeness (QED) is 0.942. The minimum absolute atomic E-state index is 0.256. The van der Waals surface area contributed by atoms with Gasteiger partial charge in [0.05, 0.1) is 17.6 Å². The molecule has 0 spiro atoms. The zero-order chi connectivity index (χ0) is 13.2. The molecule has 1 atom stereocenters. The van der Waals surface area contributed by atoms with Crippen LogP contribution in [0.1, 0.15) is 23.6 Å². The average molecular weight is 320 g/mol. The zero-order valence-electron chi connectivity index (χ0n) is 10.6. The van der Waals surface area contributed by atoms with Gasteiger partial charge in [-0.2, -0.15) is 0 Å². The van der Waals surface area contributed by atoms with Crippen LogP contribution in [0.2, 0.25) is 0 Å². The SMILES string of the molecule is COc1cccc2c1CCC2Nc1ncc(Br)cn1. The van der Waals surface area contributed by atoms with Crippen LogP contribution in [0, 0.1) is 0 Å². The summed E-state index contributed by atoms with van der Waals surface area (Å²) in [5.74, 6) is 1.63. The second-order valence-corrected chi connectivity index (χ2v) is 5.40. The first-order valence-electron chi connectivity index (χ1n) is 6.18. The largest absolute Gasteiger partial charge is 0.496 e.